The van der Waals surface area contributed by atoms with E-state index in [1.807, 2.05) is 0 Å². The van der Waals surface area contributed by atoms with Crippen molar-refractivity contribution < 1.29 is 27.5 Å². The number of esters is 1. The van der Waals surface area contributed by atoms with Gasteiger partial charge in [-0.2, -0.15) is 0 Å². The Hall–Kier alpha value is -3.07. The van der Waals surface area contributed by atoms with E-state index in [2.05, 4.69) is 4.72 Å². The van der Waals surface area contributed by atoms with Gasteiger partial charge in [-0.1, -0.05) is 25.0 Å². The van der Waals surface area contributed by atoms with E-state index in [0.717, 1.165) is 25.7 Å². The molecule has 1 aliphatic heterocycles. The zero-order chi connectivity index (χ0) is 22.4. The van der Waals surface area contributed by atoms with Crippen LogP contribution < -0.4 is 9.46 Å². The molecule has 2 aromatic carbocycles. The summed E-state index contributed by atoms with van der Waals surface area (Å²) in [5.41, 5.74) is 0.363. The summed E-state index contributed by atoms with van der Waals surface area (Å²) in [6.07, 6.45) is 3.97. The lowest BCUT2D eigenvalue weighted by Gasteiger charge is -2.22. The molecule has 0 unspecified atom stereocenters. The van der Waals surface area contributed by atoms with Gasteiger partial charge in [0.1, 0.15) is 5.75 Å². The molecule has 166 valence electrons. The Bertz CT molecular complexity index is 1060. The molecule has 0 bridgehead atoms. The number of hydrogen-bond acceptors (Lipinski definition) is 6. The van der Waals surface area contributed by atoms with Crippen molar-refractivity contribution in [3.63, 3.8) is 0 Å². The Morgan fingerprint density at radius 2 is 1.61 bits per heavy atom. The van der Waals surface area contributed by atoms with Gasteiger partial charge in [-0.15, -0.1) is 0 Å². The van der Waals surface area contributed by atoms with Crippen molar-refractivity contribution in [2.24, 2.45) is 0 Å². The van der Waals surface area contributed by atoms with Gasteiger partial charge in [0, 0.05) is 13.1 Å². The first-order valence-electron chi connectivity index (χ1n) is 10.0. The lowest BCUT2D eigenvalue weighted by molar-refractivity contribution is 0.0601. The molecule has 1 heterocycles. The smallest absolute Gasteiger partial charge is 0.339 e. The second-order valence-corrected chi connectivity index (χ2v) is 8.89. The summed E-state index contributed by atoms with van der Waals surface area (Å²) in [6, 6.07) is 10.3. The predicted molar refractivity (Wildman–Crippen MR) is 116 cm³/mol. The average Bonchev–Trinajstić information content (AvgIpc) is 3.07. The molecule has 0 atom stereocenters. The van der Waals surface area contributed by atoms with Crippen LogP contribution in [0.15, 0.2) is 47.4 Å². The van der Waals surface area contributed by atoms with Crippen LogP contribution in [-0.4, -0.2) is 52.5 Å². The van der Waals surface area contributed by atoms with Gasteiger partial charge < -0.3 is 14.4 Å². The molecule has 1 saturated heterocycles. The maximum absolute atomic E-state index is 13.1. The first-order chi connectivity index (χ1) is 14.9. The van der Waals surface area contributed by atoms with Crippen molar-refractivity contribution in [2.45, 2.75) is 30.6 Å². The summed E-state index contributed by atoms with van der Waals surface area (Å²) in [4.78, 5) is 26.7. The van der Waals surface area contributed by atoms with Gasteiger partial charge in [0.2, 0.25) is 0 Å². The zero-order valence-corrected chi connectivity index (χ0v) is 18.4. The summed E-state index contributed by atoms with van der Waals surface area (Å²) in [7, 11) is -1.42. The first-order valence-corrected chi connectivity index (χ1v) is 11.5. The summed E-state index contributed by atoms with van der Waals surface area (Å²) in [5.74, 6) is -0.612. The Kier molecular flexibility index (Phi) is 7.17. The number of carbonyl (C=O) groups is 2. The van der Waals surface area contributed by atoms with Crippen molar-refractivity contribution in [1.29, 1.82) is 0 Å². The van der Waals surface area contributed by atoms with Crippen molar-refractivity contribution in [1.82, 2.24) is 4.90 Å². The van der Waals surface area contributed by atoms with E-state index in [1.54, 1.807) is 17.0 Å². The lowest BCUT2D eigenvalue weighted by atomic mass is 10.1. The number of amides is 1. The molecule has 1 amide bonds. The van der Waals surface area contributed by atoms with E-state index >= 15 is 0 Å². The number of benzene rings is 2. The van der Waals surface area contributed by atoms with E-state index in [0.29, 0.717) is 18.8 Å². The third kappa shape index (κ3) is 5.16. The number of para-hydroxylation sites is 1. The molecule has 9 heteroatoms. The van der Waals surface area contributed by atoms with Crippen molar-refractivity contribution in [3.05, 3.63) is 53.6 Å². The molecule has 0 aliphatic carbocycles. The Morgan fingerprint density at radius 1 is 0.935 bits per heavy atom. The third-order valence-electron chi connectivity index (χ3n) is 5.18. The normalized spacial score (nSPS) is 14.5. The average molecular weight is 447 g/mol. The second-order valence-electron chi connectivity index (χ2n) is 7.21. The van der Waals surface area contributed by atoms with Gasteiger partial charge in [-0.3, -0.25) is 9.52 Å². The molecule has 0 aromatic heterocycles. The number of likely N-dealkylation sites (tertiary alicyclic amines) is 1. The van der Waals surface area contributed by atoms with Gasteiger partial charge in [-0.25, -0.2) is 13.2 Å². The van der Waals surface area contributed by atoms with Crippen LogP contribution in [0.25, 0.3) is 0 Å². The largest absolute Gasteiger partial charge is 0.496 e. The quantitative estimate of drug-likeness (QED) is 0.683. The fraction of sp³-hybridized carbons (Fsp3) is 0.364. The second kappa shape index (κ2) is 9.82. The summed E-state index contributed by atoms with van der Waals surface area (Å²) in [5, 5.41) is 0. The fourth-order valence-electron chi connectivity index (χ4n) is 3.53. The van der Waals surface area contributed by atoms with E-state index in [1.165, 1.54) is 44.6 Å². The highest BCUT2D eigenvalue weighted by molar-refractivity contribution is 7.92. The Labute approximate surface area is 182 Å². The minimum Gasteiger partial charge on any atom is -0.496 e. The molecule has 0 saturated carbocycles. The van der Waals surface area contributed by atoms with Crippen LogP contribution >= 0.6 is 0 Å². The molecular formula is C22H26N2O6S. The number of ether oxygens (including phenoxy) is 2. The molecule has 0 spiro atoms. The van der Waals surface area contributed by atoms with Gasteiger partial charge in [0.15, 0.2) is 0 Å². The number of hydrogen-bond donors (Lipinski definition) is 1. The van der Waals surface area contributed by atoms with Crippen LogP contribution in [0.3, 0.4) is 0 Å². The van der Waals surface area contributed by atoms with Crippen molar-refractivity contribution in [3.8, 4) is 5.75 Å². The standard InChI is InChI=1S/C22H26N2O6S/c1-29-20-12-11-16(15-18(20)21(25)24-13-7-3-4-8-14-24)31(27,28)23-19-10-6-5-9-17(19)22(26)30-2/h5-6,9-12,15,23H,3-4,7-8,13-14H2,1-2H3. The summed E-state index contributed by atoms with van der Waals surface area (Å²) in [6.45, 7) is 1.26. The van der Waals surface area contributed by atoms with E-state index in [9.17, 15) is 18.0 Å². The fourth-order valence-corrected chi connectivity index (χ4v) is 4.63. The molecular weight excluding hydrogens is 420 g/mol. The molecule has 3 rings (SSSR count). The van der Waals surface area contributed by atoms with Gasteiger partial charge >= 0.3 is 5.97 Å². The predicted octanol–water partition coefficient (Wildman–Crippen LogP) is 3.30. The van der Waals surface area contributed by atoms with E-state index < -0.39 is 16.0 Å². The number of rotatable bonds is 6. The molecule has 8 nitrogen and oxygen atoms in total. The van der Waals surface area contributed by atoms with Crippen LogP contribution in [-0.2, 0) is 14.8 Å². The minimum absolute atomic E-state index is 0.0861. The highest BCUT2D eigenvalue weighted by atomic mass is 32.2. The van der Waals surface area contributed by atoms with Crippen LogP contribution in [0, 0.1) is 0 Å². The maximum Gasteiger partial charge on any atom is 0.339 e. The number of methoxy groups -OCH3 is 2. The molecule has 1 N–H and O–H groups in total. The molecule has 1 aliphatic rings. The molecule has 31 heavy (non-hydrogen) atoms. The van der Waals surface area contributed by atoms with E-state index in [-0.39, 0.29) is 27.6 Å². The first kappa shape index (κ1) is 22.6. The SMILES string of the molecule is COC(=O)c1ccccc1NS(=O)(=O)c1ccc(OC)c(C(=O)N2CCCCCC2)c1. The summed E-state index contributed by atoms with van der Waals surface area (Å²) < 4.78 is 38.5. The molecule has 1 fully saturated rings. The number of carbonyl (C=O) groups excluding carboxylic acids is 2. The third-order valence-corrected chi connectivity index (χ3v) is 6.54. The van der Waals surface area contributed by atoms with Crippen LogP contribution in [0.1, 0.15) is 46.4 Å². The Morgan fingerprint density at radius 3 is 2.26 bits per heavy atom. The van der Waals surface area contributed by atoms with Crippen LogP contribution in [0.2, 0.25) is 0 Å². The molecule has 2 aromatic rings. The highest BCUT2D eigenvalue weighted by Crippen LogP contribution is 2.27. The lowest BCUT2D eigenvalue weighted by Crippen LogP contribution is -2.32. The summed E-state index contributed by atoms with van der Waals surface area (Å²) >= 11 is 0. The number of nitrogens with zero attached hydrogens (tertiary/aromatic N) is 1. The van der Waals surface area contributed by atoms with Crippen molar-refractivity contribution >= 4 is 27.6 Å². The monoisotopic (exact) mass is 446 g/mol. The van der Waals surface area contributed by atoms with Crippen LogP contribution in [0.4, 0.5) is 5.69 Å². The molecule has 0 radical (unpaired) electrons. The number of anilines is 1. The number of nitrogens with one attached hydrogen (secondary N) is 1. The minimum atomic E-state index is -4.08. The van der Waals surface area contributed by atoms with Gasteiger partial charge in [-0.05, 0) is 43.2 Å². The van der Waals surface area contributed by atoms with Crippen molar-refractivity contribution in [2.75, 3.05) is 32.0 Å². The van der Waals surface area contributed by atoms with Gasteiger partial charge in [0.05, 0.1) is 35.9 Å². The zero-order valence-electron chi connectivity index (χ0n) is 17.6. The number of sulfonamides is 1. The van der Waals surface area contributed by atoms with E-state index in [4.69, 9.17) is 9.47 Å². The Balaban J connectivity index is 1.95. The van der Waals surface area contributed by atoms with Gasteiger partial charge in [0.25, 0.3) is 15.9 Å². The highest BCUT2D eigenvalue weighted by Gasteiger charge is 2.25. The van der Waals surface area contributed by atoms with Crippen LogP contribution in [0.5, 0.6) is 5.75 Å². The topological polar surface area (TPSA) is 102 Å². The maximum atomic E-state index is 13.1.